The first-order valence-corrected chi connectivity index (χ1v) is 16.2. The molecular weight excluding hydrogens is 546 g/mol. The first kappa shape index (κ1) is 31.3. The molecule has 7 nitrogen and oxygen atoms in total. The summed E-state index contributed by atoms with van der Waals surface area (Å²) in [4.78, 5) is 29.4. The van der Waals surface area contributed by atoms with Gasteiger partial charge >= 0.3 is 0 Å². The summed E-state index contributed by atoms with van der Waals surface area (Å²) >= 11 is 0. The third-order valence-corrected chi connectivity index (χ3v) is 10.2. The topological polar surface area (TPSA) is 86.8 Å². The Kier molecular flexibility index (Phi) is 10.1. The fourth-order valence-electron chi connectivity index (χ4n) is 5.48. The zero-order valence-electron chi connectivity index (χ0n) is 25.4. The molecule has 1 atom stereocenters. The average molecular weight is 590 g/mol. The van der Waals surface area contributed by atoms with Gasteiger partial charge in [-0.3, -0.25) is 13.9 Å². The second kappa shape index (κ2) is 13.6. The van der Waals surface area contributed by atoms with Crippen molar-refractivity contribution in [3.05, 3.63) is 94.5 Å². The van der Waals surface area contributed by atoms with Crippen molar-refractivity contribution in [3.8, 4) is 0 Å². The summed E-state index contributed by atoms with van der Waals surface area (Å²) in [5.74, 6) is -0.662. The highest BCUT2D eigenvalue weighted by Gasteiger charge is 2.34. The van der Waals surface area contributed by atoms with Crippen LogP contribution in [0.1, 0.15) is 66.8 Å². The Morgan fingerprint density at radius 3 is 2.17 bits per heavy atom. The van der Waals surface area contributed by atoms with E-state index in [9.17, 15) is 18.0 Å². The molecule has 8 heteroatoms. The van der Waals surface area contributed by atoms with Crippen LogP contribution in [0.3, 0.4) is 0 Å². The van der Waals surface area contributed by atoms with E-state index in [4.69, 9.17) is 0 Å². The first-order valence-electron chi connectivity index (χ1n) is 14.8. The number of amides is 2. The van der Waals surface area contributed by atoms with Crippen molar-refractivity contribution in [1.82, 2.24) is 10.2 Å². The molecule has 1 aliphatic rings. The number of nitrogens with zero attached hydrogens (tertiary/aromatic N) is 2. The molecule has 1 aliphatic carbocycles. The van der Waals surface area contributed by atoms with Crippen molar-refractivity contribution >= 4 is 27.5 Å². The van der Waals surface area contributed by atoms with Crippen LogP contribution in [0.25, 0.3) is 0 Å². The molecule has 0 unspecified atom stereocenters. The predicted molar refractivity (Wildman–Crippen MR) is 168 cm³/mol. The molecule has 0 saturated heterocycles. The summed E-state index contributed by atoms with van der Waals surface area (Å²) in [6, 6.07) is 19.1. The minimum absolute atomic E-state index is 0.0949. The molecule has 1 fully saturated rings. The molecule has 3 aromatic rings. The fourth-order valence-corrected chi connectivity index (χ4v) is 6.95. The third kappa shape index (κ3) is 7.21. The second-order valence-electron chi connectivity index (χ2n) is 11.5. The van der Waals surface area contributed by atoms with Gasteiger partial charge in [0.1, 0.15) is 12.6 Å². The van der Waals surface area contributed by atoms with Gasteiger partial charge in [0.15, 0.2) is 0 Å². The van der Waals surface area contributed by atoms with E-state index in [1.807, 2.05) is 58.0 Å². The normalized spacial score (nSPS) is 14.7. The largest absolute Gasteiger partial charge is 0.352 e. The first-order chi connectivity index (χ1) is 20.0. The molecular formula is C34H43N3O4S. The molecule has 0 aromatic heterocycles. The van der Waals surface area contributed by atoms with Crippen LogP contribution >= 0.6 is 0 Å². The SMILES string of the molecule is Cc1ccc(S(=O)(=O)N(CC(=O)N(Cc2ccccc2C)[C@@H](C)C(=O)NC2CCCCC2)c2cccc(C)c2C)cc1. The van der Waals surface area contributed by atoms with Crippen LogP contribution in [-0.4, -0.2) is 43.8 Å². The molecule has 0 spiro atoms. The van der Waals surface area contributed by atoms with E-state index in [2.05, 4.69) is 5.32 Å². The Labute approximate surface area is 251 Å². The predicted octanol–water partition coefficient (Wildman–Crippen LogP) is 5.98. The van der Waals surface area contributed by atoms with Crippen molar-refractivity contribution < 1.29 is 18.0 Å². The van der Waals surface area contributed by atoms with Gasteiger partial charge in [0.2, 0.25) is 11.8 Å². The summed E-state index contributed by atoms with van der Waals surface area (Å²) in [6.07, 6.45) is 5.18. The molecule has 1 saturated carbocycles. The van der Waals surface area contributed by atoms with E-state index in [-0.39, 0.29) is 23.4 Å². The maximum Gasteiger partial charge on any atom is 0.264 e. The summed E-state index contributed by atoms with van der Waals surface area (Å²) in [7, 11) is -4.10. The van der Waals surface area contributed by atoms with Crippen molar-refractivity contribution in [2.24, 2.45) is 0 Å². The smallest absolute Gasteiger partial charge is 0.264 e. The van der Waals surface area contributed by atoms with Gasteiger partial charge in [-0.25, -0.2) is 8.42 Å². The van der Waals surface area contributed by atoms with Gasteiger partial charge in [0.05, 0.1) is 10.6 Å². The van der Waals surface area contributed by atoms with Gasteiger partial charge in [0.25, 0.3) is 10.0 Å². The Bertz CT molecular complexity index is 1510. The fraction of sp³-hybridized carbons (Fsp3) is 0.412. The van der Waals surface area contributed by atoms with Crippen LogP contribution in [0, 0.1) is 27.7 Å². The maximum absolute atomic E-state index is 14.2. The van der Waals surface area contributed by atoms with Crippen LogP contribution in [0.15, 0.2) is 71.6 Å². The van der Waals surface area contributed by atoms with Crippen LogP contribution in [0.2, 0.25) is 0 Å². The van der Waals surface area contributed by atoms with Gasteiger partial charge in [-0.05, 0) is 87.9 Å². The minimum atomic E-state index is -4.10. The van der Waals surface area contributed by atoms with E-state index in [0.717, 1.165) is 53.5 Å². The van der Waals surface area contributed by atoms with Gasteiger partial charge in [0, 0.05) is 12.6 Å². The summed E-state index contributed by atoms with van der Waals surface area (Å²) < 4.78 is 29.4. The molecule has 4 rings (SSSR count). The van der Waals surface area contributed by atoms with E-state index in [1.165, 1.54) is 15.6 Å². The molecule has 0 heterocycles. The number of aryl methyl sites for hydroxylation is 3. The molecule has 1 N–H and O–H groups in total. The Balaban J connectivity index is 1.72. The van der Waals surface area contributed by atoms with E-state index < -0.39 is 28.5 Å². The zero-order valence-corrected chi connectivity index (χ0v) is 26.2. The van der Waals surface area contributed by atoms with Crippen LogP contribution in [0.4, 0.5) is 5.69 Å². The Morgan fingerprint density at radius 1 is 0.857 bits per heavy atom. The highest BCUT2D eigenvalue weighted by atomic mass is 32.2. The quantitative estimate of drug-likeness (QED) is 0.315. The number of carbonyl (C=O) groups is 2. The van der Waals surface area contributed by atoms with Crippen molar-refractivity contribution in [1.29, 1.82) is 0 Å². The molecule has 3 aromatic carbocycles. The molecule has 0 bridgehead atoms. The van der Waals surface area contributed by atoms with Crippen molar-refractivity contribution in [3.63, 3.8) is 0 Å². The molecule has 42 heavy (non-hydrogen) atoms. The lowest BCUT2D eigenvalue weighted by Gasteiger charge is -2.34. The standard InChI is InChI=1S/C34H43N3O4S/c1-24-18-20-31(21-19-24)42(40,41)37(32-17-11-13-25(2)27(32)4)23-33(38)36(22-29-14-10-9-12-26(29)3)28(5)34(39)35-30-15-7-6-8-16-30/h9-14,17-21,28,30H,6-8,15-16,22-23H2,1-5H3,(H,35,39)/t28-/m0/s1. The Morgan fingerprint density at radius 2 is 1.50 bits per heavy atom. The number of benzene rings is 3. The van der Waals surface area contributed by atoms with Crippen LogP contribution in [-0.2, 0) is 26.2 Å². The van der Waals surface area contributed by atoms with Crippen molar-refractivity contribution in [2.45, 2.75) is 90.2 Å². The number of anilines is 1. The average Bonchev–Trinajstić information content (AvgIpc) is 2.97. The van der Waals surface area contributed by atoms with E-state index in [0.29, 0.717) is 5.69 Å². The van der Waals surface area contributed by atoms with Crippen LogP contribution < -0.4 is 9.62 Å². The molecule has 224 valence electrons. The third-order valence-electron chi connectivity index (χ3n) is 8.45. The Hall–Kier alpha value is -3.65. The summed E-state index contributed by atoms with van der Waals surface area (Å²) in [6.45, 7) is 9.12. The second-order valence-corrected chi connectivity index (χ2v) is 13.4. The maximum atomic E-state index is 14.2. The lowest BCUT2D eigenvalue weighted by molar-refractivity contribution is -0.139. The van der Waals surface area contributed by atoms with Gasteiger partial charge in [-0.1, -0.05) is 73.4 Å². The van der Waals surface area contributed by atoms with Gasteiger partial charge in [-0.15, -0.1) is 0 Å². The highest BCUT2D eigenvalue weighted by molar-refractivity contribution is 7.92. The minimum Gasteiger partial charge on any atom is -0.352 e. The van der Waals surface area contributed by atoms with Gasteiger partial charge in [-0.2, -0.15) is 0 Å². The van der Waals surface area contributed by atoms with E-state index >= 15 is 0 Å². The lowest BCUT2D eigenvalue weighted by Crippen LogP contribution is -2.53. The number of nitrogens with one attached hydrogen (secondary N) is 1. The molecule has 0 radical (unpaired) electrons. The highest BCUT2D eigenvalue weighted by Crippen LogP contribution is 2.29. The van der Waals surface area contributed by atoms with Crippen LogP contribution in [0.5, 0.6) is 0 Å². The number of rotatable bonds is 10. The lowest BCUT2D eigenvalue weighted by atomic mass is 9.95. The molecule has 0 aliphatic heterocycles. The van der Waals surface area contributed by atoms with E-state index in [1.54, 1.807) is 43.3 Å². The molecule has 2 amide bonds. The zero-order chi connectivity index (χ0) is 30.4. The summed E-state index contributed by atoms with van der Waals surface area (Å²) in [5.41, 5.74) is 4.97. The number of hydrogen-bond acceptors (Lipinski definition) is 4. The number of sulfonamides is 1. The number of hydrogen-bond donors (Lipinski definition) is 1. The summed E-state index contributed by atoms with van der Waals surface area (Å²) in [5, 5.41) is 3.15. The van der Waals surface area contributed by atoms with Crippen molar-refractivity contribution in [2.75, 3.05) is 10.8 Å². The number of carbonyl (C=O) groups excluding carboxylic acids is 2. The van der Waals surface area contributed by atoms with Gasteiger partial charge < -0.3 is 10.2 Å². The monoisotopic (exact) mass is 589 g/mol.